The van der Waals surface area contributed by atoms with E-state index >= 15 is 0 Å². The minimum atomic E-state index is 0. The van der Waals surface area contributed by atoms with E-state index < -0.39 is 0 Å². The van der Waals surface area contributed by atoms with E-state index in [4.69, 9.17) is 9.73 Å². The minimum Gasteiger partial charge on any atom is -0.381 e. The Balaban J connectivity index is 0.00000243. The Morgan fingerprint density at radius 1 is 1.19 bits per heavy atom. The maximum atomic E-state index is 12.0. The highest BCUT2D eigenvalue weighted by Crippen LogP contribution is 2.43. The van der Waals surface area contributed by atoms with Gasteiger partial charge < -0.3 is 19.9 Å². The molecule has 2 saturated heterocycles. The molecule has 7 heteroatoms. The van der Waals surface area contributed by atoms with Crippen LogP contribution in [0, 0.1) is 5.41 Å². The molecule has 0 radical (unpaired) electrons. The minimum absolute atomic E-state index is 0. The van der Waals surface area contributed by atoms with Crippen molar-refractivity contribution in [1.82, 2.24) is 15.1 Å². The molecule has 0 bridgehead atoms. The number of rotatable bonds is 3. The fourth-order valence-corrected chi connectivity index (χ4v) is 4.37. The van der Waals surface area contributed by atoms with Crippen LogP contribution in [0.25, 0.3) is 0 Å². The number of nitrogens with zero attached hydrogens (tertiary/aromatic N) is 3. The molecule has 26 heavy (non-hydrogen) atoms. The summed E-state index contributed by atoms with van der Waals surface area (Å²) in [6.45, 7) is 4.00. The number of guanidine groups is 1. The first-order chi connectivity index (χ1) is 12.1. The summed E-state index contributed by atoms with van der Waals surface area (Å²) in [6, 6.07) is 0.407. The van der Waals surface area contributed by atoms with E-state index in [1.165, 1.54) is 38.5 Å². The molecule has 1 aliphatic carbocycles. The number of ether oxygens (including phenoxy) is 1. The molecule has 1 N–H and O–H groups in total. The topological polar surface area (TPSA) is 57.2 Å². The summed E-state index contributed by atoms with van der Waals surface area (Å²) in [4.78, 5) is 20.7. The number of carbonyl (C=O) groups excluding carboxylic acids is 1. The van der Waals surface area contributed by atoms with Crippen LogP contribution < -0.4 is 5.32 Å². The Morgan fingerprint density at radius 2 is 1.88 bits per heavy atom. The number of nitrogens with one attached hydrogen (secondary N) is 1. The number of halogens is 1. The molecule has 0 atom stereocenters. The van der Waals surface area contributed by atoms with Gasteiger partial charge in [-0.2, -0.15) is 0 Å². The fraction of sp³-hybridized carbons (Fsp3) is 0.895. The van der Waals surface area contributed by atoms with E-state index in [2.05, 4.69) is 10.2 Å². The van der Waals surface area contributed by atoms with E-state index in [0.717, 1.165) is 45.1 Å². The first kappa shape index (κ1) is 21.7. The Kier molecular flexibility index (Phi) is 8.44. The van der Waals surface area contributed by atoms with Crippen molar-refractivity contribution in [3.8, 4) is 0 Å². The number of amides is 1. The van der Waals surface area contributed by atoms with Gasteiger partial charge in [0.05, 0.1) is 0 Å². The predicted octanol–water partition coefficient (Wildman–Crippen LogP) is 2.47. The van der Waals surface area contributed by atoms with Crippen molar-refractivity contribution in [3.05, 3.63) is 0 Å². The summed E-state index contributed by atoms with van der Waals surface area (Å²) in [5.74, 6) is 0.988. The van der Waals surface area contributed by atoms with Gasteiger partial charge in [-0.1, -0.05) is 19.3 Å². The van der Waals surface area contributed by atoms with Crippen LogP contribution in [0.3, 0.4) is 0 Å². The van der Waals surface area contributed by atoms with Gasteiger partial charge in [0.15, 0.2) is 5.96 Å². The highest BCUT2D eigenvalue weighted by Gasteiger charge is 2.40. The molecule has 2 aliphatic heterocycles. The van der Waals surface area contributed by atoms with Crippen molar-refractivity contribution in [2.24, 2.45) is 10.4 Å². The monoisotopic (exact) mass is 478 g/mol. The predicted molar refractivity (Wildman–Crippen MR) is 115 cm³/mol. The van der Waals surface area contributed by atoms with Gasteiger partial charge in [0, 0.05) is 46.4 Å². The number of hydrogen-bond acceptors (Lipinski definition) is 3. The molecule has 1 saturated carbocycles. The summed E-state index contributed by atoms with van der Waals surface area (Å²) < 4.78 is 5.47. The van der Waals surface area contributed by atoms with Crippen molar-refractivity contribution in [3.63, 3.8) is 0 Å². The number of likely N-dealkylation sites (tertiary alicyclic amines) is 1. The second-order valence-electron chi connectivity index (χ2n) is 8.19. The molecule has 3 aliphatic rings. The van der Waals surface area contributed by atoms with Crippen LogP contribution in [-0.2, 0) is 9.53 Å². The lowest BCUT2D eigenvalue weighted by Gasteiger charge is -2.34. The largest absolute Gasteiger partial charge is 0.381 e. The van der Waals surface area contributed by atoms with Gasteiger partial charge in [-0.3, -0.25) is 4.79 Å². The van der Waals surface area contributed by atoms with E-state index in [1.54, 1.807) is 19.0 Å². The zero-order chi connectivity index (χ0) is 17.7. The number of aliphatic imine (C=N–C) groups is 1. The normalized spacial score (nSPS) is 23.6. The van der Waals surface area contributed by atoms with Crippen LogP contribution in [0.15, 0.2) is 4.99 Å². The van der Waals surface area contributed by atoms with E-state index in [9.17, 15) is 4.79 Å². The number of carbonyl (C=O) groups is 1. The summed E-state index contributed by atoms with van der Waals surface area (Å²) in [7, 11) is 3.58. The average molecular weight is 478 g/mol. The first-order valence-corrected chi connectivity index (χ1v) is 9.92. The number of likely N-dealkylation sites (N-methyl/N-ethyl adjacent to an activating group) is 1. The van der Waals surface area contributed by atoms with Gasteiger partial charge in [0.25, 0.3) is 0 Å². The molecular weight excluding hydrogens is 443 g/mol. The molecule has 3 fully saturated rings. The maximum absolute atomic E-state index is 12.0. The highest BCUT2D eigenvalue weighted by atomic mass is 127. The maximum Gasteiger partial charge on any atom is 0.243 e. The highest BCUT2D eigenvalue weighted by molar-refractivity contribution is 14.0. The van der Waals surface area contributed by atoms with Crippen LogP contribution >= 0.6 is 24.0 Å². The van der Waals surface area contributed by atoms with Gasteiger partial charge in [-0.25, -0.2) is 4.99 Å². The molecule has 6 nitrogen and oxygen atoms in total. The van der Waals surface area contributed by atoms with Crippen molar-refractivity contribution in [2.75, 3.05) is 46.9 Å². The Morgan fingerprint density at radius 3 is 2.54 bits per heavy atom. The molecule has 0 aromatic rings. The zero-order valence-electron chi connectivity index (χ0n) is 16.3. The molecule has 0 unspecified atom stereocenters. The average Bonchev–Trinajstić information content (AvgIpc) is 3.03. The Bertz CT molecular complexity index is 486. The number of hydrogen-bond donors (Lipinski definition) is 1. The lowest BCUT2D eigenvalue weighted by molar-refractivity contribution is -0.127. The Labute approximate surface area is 175 Å². The van der Waals surface area contributed by atoms with Crippen LogP contribution in [0.4, 0.5) is 0 Å². The quantitative estimate of drug-likeness (QED) is 0.385. The lowest BCUT2D eigenvalue weighted by atomic mass is 9.73. The van der Waals surface area contributed by atoms with Crippen LogP contribution in [0.5, 0.6) is 0 Å². The molecule has 0 aromatic carbocycles. The van der Waals surface area contributed by atoms with E-state index in [-0.39, 0.29) is 36.4 Å². The summed E-state index contributed by atoms with van der Waals surface area (Å²) in [5.41, 5.74) is 0.488. The van der Waals surface area contributed by atoms with E-state index in [0.29, 0.717) is 11.5 Å². The fourth-order valence-electron chi connectivity index (χ4n) is 4.37. The summed E-state index contributed by atoms with van der Waals surface area (Å²) >= 11 is 0. The van der Waals surface area contributed by atoms with Crippen LogP contribution in [0.2, 0.25) is 0 Å². The molecule has 3 rings (SSSR count). The Hall–Kier alpha value is -0.570. The SMILES string of the molecule is CN(C)C(=O)CN=C(NC1CCOCC1)N1CCC2(CCCCC2)C1.I. The van der Waals surface area contributed by atoms with Gasteiger partial charge in [0.1, 0.15) is 6.54 Å². The first-order valence-electron chi connectivity index (χ1n) is 9.92. The second kappa shape index (κ2) is 10.1. The molecule has 150 valence electrons. The molecule has 0 aromatic heterocycles. The zero-order valence-corrected chi connectivity index (χ0v) is 18.7. The van der Waals surface area contributed by atoms with Crippen molar-refractivity contribution >= 4 is 35.8 Å². The van der Waals surface area contributed by atoms with Crippen molar-refractivity contribution in [2.45, 2.75) is 57.4 Å². The molecule has 1 spiro atoms. The third kappa shape index (κ3) is 5.71. The smallest absolute Gasteiger partial charge is 0.243 e. The van der Waals surface area contributed by atoms with Crippen molar-refractivity contribution in [1.29, 1.82) is 0 Å². The van der Waals surface area contributed by atoms with Crippen LogP contribution in [0.1, 0.15) is 51.4 Å². The summed E-state index contributed by atoms with van der Waals surface area (Å²) in [5, 5.41) is 3.64. The van der Waals surface area contributed by atoms with Crippen LogP contribution in [-0.4, -0.2) is 74.7 Å². The van der Waals surface area contributed by atoms with E-state index in [1.807, 2.05) is 0 Å². The molecule has 1 amide bonds. The second-order valence-corrected chi connectivity index (χ2v) is 8.19. The molecular formula is C19H35IN4O2. The van der Waals surface area contributed by atoms with Gasteiger partial charge in [0.2, 0.25) is 5.91 Å². The lowest BCUT2D eigenvalue weighted by Crippen LogP contribution is -2.48. The van der Waals surface area contributed by atoms with Gasteiger partial charge >= 0.3 is 0 Å². The summed E-state index contributed by atoms with van der Waals surface area (Å²) in [6.07, 6.45) is 10.1. The third-order valence-corrected chi connectivity index (χ3v) is 6.07. The van der Waals surface area contributed by atoms with Gasteiger partial charge in [-0.05, 0) is 37.5 Å². The third-order valence-electron chi connectivity index (χ3n) is 6.07. The van der Waals surface area contributed by atoms with Crippen molar-refractivity contribution < 1.29 is 9.53 Å². The standard InChI is InChI=1S/C19H34N4O2.HI/c1-22(2)17(24)14-20-18(21-16-6-12-25-13-7-16)23-11-10-19(15-23)8-4-3-5-9-19;/h16H,3-15H2,1-2H3,(H,20,21);1H. The molecule has 2 heterocycles. The van der Waals surface area contributed by atoms with Gasteiger partial charge in [-0.15, -0.1) is 24.0 Å².